The minimum atomic E-state index is -0.824. The van der Waals surface area contributed by atoms with Gasteiger partial charge in [0.1, 0.15) is 16.7 Å². The molecule has 0 saturated heterocycles. The van der Waals surface area contributed by atoms with Gasteiger partial charge in [0, 0.05) is 12.3 Å². The highest BCUT2D eigenvalue weighted by Gasteiger charge is 2.15. The van der Waals surface area contributed by atoms with Gasteiger partial charge in [0.05, 0.1) is 15.5 Å². The van der Waals surface area contributed by atoms with Gasteiger partial charge in [0.2, 0.25) is 0 Å². The van der Waals surface area contributed by atoms with Crippen LogP contribution in [0.5, 0.6) is 0 Å². The maximum absolute atomic E-state index is 13.7. The Labute approximate surface area is 139 Å². The Morgan fingerprint density at radius 2 is 2.04 bits per heavy atom. The molecule has 1 aromatic carbocycles. The topological polar surface area (TPSA) is 42.0 Å². The van der Waals surface area contributed by atoms with Gasteiger partial charge in [0.25, 0.3) is 5.91 Å². The van der Waals surface area contributed by atoms with Crippen LogP contribution in [0.3, 0.4) is 0 Å². The number of carbonyl (C=O) groups is 1. The predicted octanol–water partition coefficient (Wildman–Crippen LogP) is 4.82. The fraction of sp³-hybridized carbons (Fsp3) is 0. The number of nitrogens with one attached hydrogen (secondary N) is 1. The van der Waals surface area contributed by atoms with Gasteiger partial charge >= 0.3 is 0 Å². The number of amides is 1. The summed E-state index contributed by atoms with van der Waals surface area (Å²) in [7, 11) is 0. The number of thiophene rings is 1. The molecule has 0 atom stereocenters. The van der Waals surface area contributed by atoms with Crippen molar-refractivity contribution in [2.45, 2.75) is 9.24 Å². The third-order valence-corrected chi connectivity index (χ3v) is 4.94. The highest BCUT2D eigenvalue weighted by molar-refractivity contribution is 8.01. The second-order valence-corrected chi connectivity index (χ2v) is 6.71. The molecule has 0 aliphatic rings. The number of halogens is 2. The van der Waals surface area contributed by atoms with Crippen LogP contribution >= 0.6 is 23.1 Å². The van der Waals surface area contributed by atoms with Crippen LogP contribution in [0.2, 0.25) is 0 Å². The Balaban J connectivity index is 1.84. The van der Waals surface area contributed by atoms with Gasteiger partial charge in [-0.15, -0.1) is 11.3 Å². The Hall–Kier alpha value is -2.25. The third-order valence-electron chi connectivity index (χ3n) is 2.89. The Morgan fingerprint density at radius 1 is 1.17 bits per heavy atom. The van der Waals surface area contributed by atoms with Crippen molar-refractivity contribution in [3.05, 3.63) is 71.2 Å². The van der Waals surface area contributed by atoms with E-state index >= 15 is 0 Å². The molecule has 0 fully saturated rings. The van der Waals surface area contributed by atoms with E-state index in [-0.39, 0.29) is 5.69 Å². The van der Waals surface area contributed by atoms with Gasteiger partial charge < -0.3 is 5.32 Å². The van der Waals surface area contributed by atoms with Gasteiger partial charge in [-0.2, -0.15) is 0 Å². The molecule has 23 heavy (non-hydrogen) atoms. The van der Waals surface area contributed by atoms with E-state index in [1.165, 1.54) is 29.2 Å². The van der Waals surface area contributed by atoms with Crippen molar-refractivity contribution in [1.29, 1.82) is 0 Å². The lowest BCUT2D eigenvalue weighted by Gasteiger charge is -2.09. The summed E-state index contributed by atoms with van der Waals surface area (Å²) >= 11 is 2.90. The number of hydrogen-bond acceptors (Lipinski definition) is 4. The Kier molecular flexibility index (Phi) is 4.68. The molecule has 0 radical (unpaired) electrons. The zero-order valence-corrected chi connectivity index (χ0v) is 13.3. The van der Waals surface area contributed by atoms with Crippen molar-refractivity contribution < 1.29 is 13.6 Å². The maximum atomic E-state index is 13.7. The van der Waals surface area contributed by atoms with Gasteiger partial charge in [-0.25, -0.2) is 13.8 Å². The first-order chi connectivity index (χ1) is 11.1. The molecule has 0 bridgehead atoms. The van der Waals surface area contributed by atoms with E-state index in [4.69, 9.17) is 0 Å². The number of aromatic nitrogens is 1. The van der Waals surface area contributed by atoms with E-state index in [1.807, 2.05) is 17.5 Å². The van der Waals surface area contributed by atoms with Crippen LogP contribution in [0, 0.1) is 11.6 Å². The molecule has 0 spiro atoms. The number of anilines is 1. The number of carbonyl (C=O) groups excluding carboxylic acids is 1. The van der Waals surface area contributed by atoms with E-state index < -0.39 is 17.5 Å². The van der Waals surface area contributed by atoms with Crippen LogP contribution in [0.25, 0.3) is 0 Å². The lowest BCUT2D eigenvalue weighted by Crippen LogP contribution is -2.14. The number of benzene rings is 1. The van der Waals surface area contributed by atoms with E-state index in [9.17, 15) is 13.6 Å². The maximum Gasteiger partial charge on any atom is 0.258 e. The largest absolute Gasteiger partial charge is 0.319 e. The van der Waals surface area contributed by atoms with Crippen LogP contribution in [0.1, 0.15) is 10.4 Å². The van der Waals surface area contributed by atoms with Gasteiger partial charge in [-0.05, 0) is 35.7 Å². The molecular formula is C16H10F2N2OS2. The standard InChI is InChI=1S/C16H10F2N2OS2/c17-10-5-6-13(12(18)9-10)20-15(21)11-3-1-7-19-16(11)23-14-4-2-8-22-14/h1-9H,(H,20,21). The SMILES string of the molecule is O=C(Nc1ccc(F)cc1F)c1cccnc1Sc1cccs1. The fourth-order valence-corrected chi connectivity index (χ4v) is 3.61. The first kappa shape index (κ1) is 15.6. The minimum Gasteiger partial charge on any atom is -0.319 e. The highest BCUT2D eigenvalue weighted by Crippen LogP contribution is 2.32. The zero-order chi connectivity index (χ0) is 16.2. The summed E-state index contributed by atoms with van der Waals surface area (Å²) in [6.45, 7) is 0. The molecule has 2 heterocycles. The van der Waals surface area contributed by atoms with Crippen LogP contribution in [-0.4, -0.2) is 10.9 Å². The lowest BCUT2D eigenvalue weighted by atomic mass is 10.2. The molecule has 0 saturated carbocycles. The van der Waals surface area contributed by atoms with Crippen molar-refractivity contribution in [3.63, 3.8) is 0 Å². The molecular weight excluding hydrogens is 338 g/mol. The molecule has 1 N–H and O–H groups in total. The number of pyridine rings is 1. The summed E-state index contributed by atoms with van der Waals surface area (Å²) in [5, 5.41) is 4.90. The summed E-state index contributed by atoms with van der Waals surface area (Å²) in [4.78, 5) is 16.6. The Bertz CT molecular complexity index is 838. The van der Waals surface area contributed by atoms with Crippen molar-refractivity contribution in [2.24, 2.45) is 0 Å². The molecule has 116 valence electrons. The molecule has 1 amide bonds. The molecule has 3 rings (SSSR count). The molecule has 3 aromatic rings. The highest BCUT2D eigenvalue weighted by atomic mass is 32.2. The van der Waals surface area contributed by atoms with Gasteiger partial charge in [0.15, 0.2) is 0 Å². The first-order valence-electron chi connectivity index (χ1n) is 6.56. The molecule has 7 heteroatoms. The number of hydrogen-bond donors (Lipinski definition) is 1. The summed E-state index contributed by atoms with van der Waals surface area (Å²) < 4.78 is 27.6. The van der Waals surface area contributed by atoms with Gasteiger partial charge in [-0.1, -0.05) is 17.8 Å². The van der Waals surface area contributed by atoms with Crippen LogP contribution in [0.15, 0.2) is 63.3 Å². The fourth-order valence-electron chi connectivity index (χ4n) is 1.84. The zero-order valence-electron chi connectivity index (χ0n) is 11.6. The van der Waals surface area contributed by atoms with E-state index in [2.05, 4.69) is 10.3 Å². The summed E-state index contributed by atoms with van der Waals surface area (Å²) in [5.41, 5.74) is 0.252. The van der Waals surface area contributed by atoms with E-state index in [0.717, 1.165) is 16.3 Å². The average Bonchev–Trinajstić information content (AvgIpc) is 3.03. The van der Waals surface area contributed by atoms with Crippen LogP contribution in [-0.2, 0) is 0 Å². The van der Waals surface area contributed by atoms with Crippen LogP contribution in [0.4, 0.5) is 14.5 Å². The van der Waals surface area contributed by atoms with Crippen molar-refractivity contribution in [3.8, 4) is 0 Å². The third kappa shape index (κ3) is 3.75. The van der Waals surface area contributed by atoms with Crippen LogP contribution < -0.4 is 5.32 Å². The second-order valence-electron chi connectivity index (χ2n) is 4.47. The molecule has 3 nitrogen and oxygen atoms in total. The van der Waals surface area contributed by atoms with Crippen molar-refractivity contribution >= 4 is 34.7 Å². The quantitative estimate of drug-likeness (QED) is 0.735. The minimum absolute atomic E-state index is 0.0765. The van der Waals surface area contributed by atoms with Crippen molar-refractivity contribution in [2.75, 3.05) is 5.32 Å². The van der Waals surface area contributed by atoms with E-state index in [1.54, 1.807) is 18.3 Å². The van der Waals surface area contributed by atoms with Crippen molar-refractivity contribution in [1.82, 2.24) is 4.98 Å². The van der Waals surface area contributed by atoms with Gasteiger partial charge in [-0.3, -0.25) is 4.79 Å². The lowest BCUT2D eigenvalue weighted by molar-refractivity contribution is 0.102. The monoisotopic (exact) mass is 348 g/mol. The average molecular weight is 348 g/mol. The smallest absolute Gasteiger partial charge is 0.258 e. The number of rotatable bonds is 4. The molecule has 0 unspecified atom stereocenters. The molecule has 0 aliphatic heterocycles. The van der Waals surface area contributed by atoms with E-state index in [0.29, 0.717) is 10.6 Å². The molecule has 0 aliphatic carbocycles. The molecule has 2 aromatic heterocycles. The predicted molar refractivity (Wildman–Crippen MR) is 87.0 cm³/mol. The normalized spacial score (nSPS) is 10.5. The first-order valence-corrected chi connectivity index (χ1v) is 8.26. The Morgan fingerprint density at radius 3 is 2.78 bits per heavy atom. The number of nitrogens with zero attached hydrogens (tertiary/aromatic N) is 1. The summed E-state index contributed by atoms with van der Waals surface area (Å²) in [6.07, 6.45) is 1.59. The second kappa shape index (κ2) is 6.89. The summed E-state index contributed by atoms with van der Waals surface area (Å²) in [5.74, 6) is -2.02. The summed E-state index contributed by atoms with van der Waals surface area (Å²) in [6, 6.07) is 10.1.